The quantitative estimate of drug-likeness (QED) is 0.185. The molecule has 2 fully saturated rings. The summed E-state index contributed by atoms with van der Waals surface area (Å²) >= 11 is 0. The average Bonchev–Trinajstić information content (AvgIpc) is 3.44. The van der Waals surface area contributed by atoms with E-state index in [1.807, 2.05) is 0 Å². The number of aliphatic carboxylic acids is 2. The van der Waals surface area contributed by atoms with Gasteiger partial charge in [-0.15, -0.1) is 0 Å². The van der Waals surface area contributed by atoms with Crippen molar-refractivity contribution < 1.29 is 39.0 Å². The highest BCUT2D eigenvalue weighted by Crippen LogP contribution is 2.21. The van der Waals surface area contributed by atoms with Gasteiger partial charge in [0, 0.05) is 19.4 Å². The number of carboxylic acids is 2. The molecule has 2 saturated heterocycles. The lowest BCUT2D eigenvalue weighted by molar-refractivity contribution is -0.144. The predicted molar refractivity (Wildman–Crippen MR) is 113 cm³/mol. The van der Waals surface area contributed by atoms with Crippen LogP contribution in [0.5, 0.6) is 0 Å². The molecule has 33 heavy (non-hydrogen) atoms. The molecule has 0 saturated carbocycles. The molecule has 2 aliphatic rings. The number of nitrogens with two attached hydrogens (primary N) is 1. The van der Waals surface area contributed by atoms with Crippen molar-refractivity contribution in [3.05, 3.63) is 0 Å². The molecule has 7 N–H and O–H groups in total. The highest BCUT2D eigenvalue weighted by atomic mass is 16.4. The van der Waals surface area contributed by atoms with Gasteiger partial charge in [0.05, 0.1) is 6.04 Å². The third-order valence-corrected chi connectivity index (χ3v) is 5.77. The van der Waals surface area contributed by atoms with Crippen molar-refractivity contribution in [2.75, 3.05) is 13.1 Å². The number of carbonyl (C=O) groups is 6. The van der Waals surface area contributed by atoms with E-state index in [0.717, 1.165) is 13.0 Å². The third-order valence-electron chi connectivity index (χ3n) is 5.77. The lowest BCUT2D eigenvalue weighted by Gasteiger charge is -2.28. The Morgan fingerprint density at radius 3 is 2.24 bits per heavy atom. The molecule has 2 rings (SSSR count). The molecular formula is C20H31N5O8. The molecule has 0 aromatic carbocycles. The maximum absolute atomic E-state index is 13.0. The summed E-state index contributed by atoms with van der Waals surface area (Å²) in [6, 6.07) is -3.90. The maximum atomic E-state index is 13.0. The normalized spacial score (nSPS) is 21.8. The van der Waals surface area contributed by atoms with E-state index < -0.39 is 54.2 Å². The minimum absolute atomic E-state index is 0.178. The summed E-state index contributed by atoms with van der Waals surface area (Å²) in [7, 11) is 0. The van der Waals surface area contributed by atoms with Crippen LogP contribution in [0.15, 0.2) is 0 Å². The monoisotopic (exact) mass is 469 g/mol. The number of nitrogens with one attached hydrogen (secondary N) is 3. The number of amides is 4. The summed E-state index contributed by atoms with van der Waals surface area (Å²) < 4.78 is 0. The van der Waals surface area contributed by atoms with Crippen molar-refractivity contribution in [3.8, 4) is 0 Å². The maximum Gasteiger partial charge on any atom is 0.326 e. The summed E-state index contributed by atoms with van der Waals surface area (Å²) in [5.74, 6) is -5.01. The van der Waals surface area contributed by atoms with E-state index in [-0.39, 0.29) is 31.2 Å². The Bertz CT molecular complexity index is 782. The molecule has 13 heteroatoms. The Labute approximate surface area is 190 Å². The Hall–Kier alpha value is -3.22. The van der Waals surface area contributed by atoms with Crippen molar-refractivity contribution in [3.63, 3.8) is 0 Å². The van der Waals surface area contributed by atoms with Gasteiger partial charge in [-0.1, -0.05) is 0 Å². The number of hydrogen-bond acceptors (Lipinski definition) is 7. The molecule has 2 heterocycles. The van der Waals surface area contributed by atoms with Crippen LogP contribution in [-0.2, 0) is 28.8 Å². The van der Waals surface area contributed by atoms with Crippen LogP contribution < -0.4 is 21.7 Å². The fourth-order valence-corrected chi connectivity index (χ4v) is 4.02. The van der Waals surface area contributed by atoms with Crippen molar-refractivity contribution in [2.45, 2.75) is 75.5 Å². The van der Waals surface area contributed by atoms with Crippen molar-refractivity contribution in [2.24, 2.45) is 5.73 Å². The molecule has 0 aromatic rings. The number of nitrogens with zero attached hydrogens (tertiary/aromatic N) is 1. The molecule has 2 aliphatic heterocycles. The van der Waals surface area contributed by atoms with Crippen LogP contribution in [0, 0.1) is 0 Å². The average molecular weight is 469 g/mol. The van der Waals surface area contributed by atoms with Gasteiger partial charge in [-0.2, -0.15) is 0 Å². The SMILES string of the molecule is NC(=O)CCC(NC(=O)C1CCCN1C(=O)C1CCCN1)C(=O)NC(CCC(=O)O)C(=O)O. The van der Waals surface area contributed by atoms with E-state index in [2.05, 4.69) is 16.0 Å². The van der Waals surface area contributed by atoms with Crippen LogP contribution in [0.3, 0.4) is 0 Å². The second-order valence-corrected chi connectivity index (χ2v) is 8.24. The van der Waals surface area contributed by atoms with E-state index in [1.165, 1.54) is 4.90 Å². The molecule has 13 nitrogen and oxygen atoms in total. The summed E-state index contributed by atoms with van der Waals surface area (Å²) in [5.41, 5.74) is 5.15. The number of rotatable bonds is 12. The van der Waals surface area contributed by atoms with Crippen LogP contribution in [0.1, 0.15) is 51.4 Å². The van der Waals surface area contributed by atoms with Crippen LogP contribution in [0.2, 0.25) is 0 Å². The summed E-state index contributed by atoms with van der Waals surface area (Å²) in [5, 5.41) is 25.9. The van der Waals surface area contributed by atoms with Crippen LogP contribution in [0.25, 0.3) is 0 Å². The number of primary amides is 1. The zero-order valence-electron chi connectivity index (χ0n) is 18.2. The molecule has 0 bridgehead atoms. The van der Waals surface area contributed by atoms with Crippen molar-refractivity contribution >= 4 is 35.6 Å². The fourth-order valence-electron chi connectivity index (χ4n) is 4.02. The van der Waals surface area contributed by atoms with Crippen LogP contribution in [0.4, 0.5) is 0 Å². The van der Waals surface area contributed by atoms with Gasteiger partial charge < -0.3 is 36.8 Å². The molecule has 0 aromatic heterocycles. The Kier molecular flexibility index (Phi) is 9.57. The number of carbonyl (C=O) groups excluding carboxylic acids is 4. The molecule has 4 atom stereocenters. The summed E-state index contributed by atoms with van der Waals surface area (Å²) in [4.78, 5) is 73.3. The predicted octanol–water partition coefficient (Wildman–Crippen LogP) is -2.09. The van der Waals surface area contributed by atoms with E-state index in [9.17, 15) is 33.9 Å². The van der Waals surface area contributed by atoms with E-state index in [1.54, 1.807) is 0 Å². The van der Waals surface area contributed by atoms with Gasteiger partial charge in [-0.3, -0.25) is 24.0 Å². The lowest BCUT2D eigenvalue weighted by atomic mass is 10.1. The molecule has 0 aliphatic carbocycles. The highest BCUT2D eigenvalue weighted by Gasteiger charge is 2.39. The zero-order chi connectivity index (χ0) is 24.5. The standard InChI is InChI=1S/C20H31N5O8/c21-15(26)7-5-11(17(29)24-13(20(32)33)6-8-16(27)28)23-18(30)14-4-2-10-25(14)19(31)12-3-1-9-22-12/h11-14,22H,1-10H2,(H2,21,26)(H,23,30)(H,24,29)(H,27,28)(H,32,33). The lowest BCUT2D eigenvalue weighted by Crippen LogP contribution is -2.56. The van der Waals surface area contributed by atoms with E-state index >= 15 is 0 Å². The largest absolute Gasteiger partial charge is 0.481 e. The van der Waals surface area contributed by atoms with Crippen LogP contribution >= 0.6 is 0 Å². The van der Waals surface area contributed by atoms with Gasteiger partial charge in [0.15, 0.2) is 0 Å². The van der Waals surface area contributed by atoms with Crippen molar-refractivity contribution in [1.29, 1.82) is 0 Å². The molecule has 4 unspecified atom stereocenters. The second-order valence-electron chi connectivity index (χ2n) is 8.24. The van der Waals surface area contributed by atoms with E-state index in [4.69, 9.17) is 10.8 Å². The minimum Gasteiger partial charge on any atom is -0.481 e. The van der Waals surface area contributed by atoms with Gasteiger partial charge in [-0.05, 0) is 45.1 Å². The summed E-state index contributed by atoms with van der Waals surface area (Å²) in [6.07, 6.45) is 1.31. The molecular weight excluding hydrogens is 438 g/mol. The first-order valence-electron chi connectivity index (χ1n) is 11.0. The highest BCUT2D eigenvalue weighted by molar-refractivity contribution is 5.94. The Balaban J connectivity index is 2.07. The van der Waals surface area contributed by atoms with Gasteiger partial charge in [0.25, 0.3) is 0 Å². The van der Waals surface area contributed by atoms with Crippen molar-refractivity contribution in [1.82, 2.24) is 20.9 Å². The number of carboxylic acid groups (broad SMARTS) is 2. The van der Waals surface area contributed by atoms with Gasteiger partial charge in [0.2, 0.25) is 23.6 Å². The smallest absolute Gasteiger partial charge is 0.326 e. The molecule has 184 valence electrons. The zero-order valence-corrected chi connectivity index (χ0v) is 18.2. The van der Waals surface area contributed by atoms with Crippen LogP contribution in [-0.4, -0.2) is 87.9 Å². The second kappa shape index (κ2) is 12.1. The molecule has 4 amide bonds. The first-order valence-corrected chi connectivity index (χ1v) is 11.0. The molecule has 0 spiro atoms. The van der Waals surface area contributed by atoms with E-state index in [0.29, 0.717) is 25.8 Å². The topological polar surface area (TPSA) is 208 Å². The minimum atomic E-state index is -1.49. The Morgan fingerprint density at radius 2 is 1.67 bits per heavy atom. The number of likely N-dealkylation sites (tertiary alicyclic amines) is 1. The first kappa shape index (κ1) is 26.0. The Morgan fingerprint density at radius 1 is 0.970 bits per heavy atom. The van der Waals surface area contributed by atoms with Gasteiger partial charge in [-0.25, -0.2) is 4.79 Å². The third kappa shape index (κ3) is 7.70. The van der Waals surface area contributed by atoms with Gasteiger partial charge in [0.1, 0.15) is 18.1 Å². The molecule has 0 radical (unpaired) electrons. The first-order chi connectivity index (χ1) is 15.6. The summed E-state index contributed by atoms with van der Waals surface area (Å²) in [6.45, 7) is 1.13. The number of hydrogen-bond donors (Lipinski definition) is 6. The fraction of sp³-hybridized carbons (Fsp3) is 0.700. The van der Waals surface area contributed by atoms with Gasteiger partial charge >= 0.3 is 11.9 Å².